The van der Waals surface area contributed by atoms with Crippen LogP contribution in [0.25, 0.3) is 0 Å². The van der Waals surface area contributed by atoms with Gasteiger partial charge in [-0.15, -0.1) is 0 Å². The summed E-state index contributed by atoms with van der Waals surface area (Å²) in [7, 11) is 0. The molecule has 2 aromatic rings. The summed E-state index contributed by atoms with van der Waals surface area (Å²) in [6, 6.07) is 9.58. The Bertz CT molecular complexity index is 997. The van der Waals surface area contributed by atoms with Crippen molar-refractivity contribution in [1.82, 2.24) is 15.3 Å². The molecule has 0 saturated heterocycles. The van der Waals surface area contributed by atoms with Gasteiger partial charge in [0.15, 0.2) is 0 Å². The van der Waals surface area contributed by atoms with E-state index in [0.717, 1.165) is 37.7 Å². The topological polar surface area (TPSA) is 94.6 Å². The number of amides is 1. The molecular weight excluding hydrogens is 468 g/mol. The predicted molar refractivity (Wildman–Crippen MR) is 135 cm³/mol. The number of rotatable bonds is 10. The fraction of sp³-hybridized carbons (Fsp3) is 0.500. The van der Waals surface area contributed by atoms with Crippen LogP contribution in [0.5, 0.6) is 0 Å². The molecule has 3 rings (SSSR count). The number of benzene rings is 1. The Kier molecular flexibility index (Phi) is 10.6. The second-order valence-corrected chi connectivity index (χ2v) is 8.63. The molecule has 0 atom stereocenters. The minimum atomic E-state index is -0.641. The van der Waals surface area contributed by atoms with Crippen molar-refractivity contribution in [2.75, 3.05) is 25.1 Å². The van der Waals surface area contributed by atoms with Gasteiger partial charge in [-0.05, 0) is 49.8 Å². The van der Waals surface area contributed by atoms with Gasteiger partial charge < -0.3 is 24.8 Å². The van der Waals surface area contributed by atoms with Crippen LogP contribution in [0.15, 0.2) is 36.5 Å². The van der Waals surface area contributed by atoms with Crippen LogP contribution in [-0.4, -0.2) is 47.6 Å². The van der Waals surface area contributed by atoms with Gasteiger partial charge in [0.25, 0.3) is 0 Å². The van der Waals surface area contributed by atoms with E-state index < -0.39 is 17.9 Å². The fourth-order valence-electron chi connectivity index (χ4n) is 3.96. The first kappa shape index (κ1) is 26.7. The molecule has 0 spiro atoms. The molecular formula is C26H33ClN4O4. The zero-order valence-electron chi connectivity index (χ0n) is 20.3. The van der Waals surface area contributed by atoms with Crippen LogP contribution >= 0.6 is 11.6 Å². The number of ether oxygens (including phenoxy) is 3. The number of aromatic nitrogens is 2. The summed E-state index contributed by atoms with van der Waals surface area (Å²) in [5.74, 6) is 6.56. The maximum absolute atomic E-state index is 12.4. The molecule has 0 radical (unpaired) electrons. The van der Waals surface area contributed by atoms with Gasteiger partial charge in [-0.1, -0.05) is 55.5 Å². The number of carbonyl (C=O) groups excluding carboxylic acids is 1. The molecule has 0 unspecified atom stereocenters. The Morgan fingerprint density at radius 3 is 2.54 bits per heavy atom. The lowest BCUT2D eigenvalue weighted by Crippen LogP contribution is -2.50. The Morgan fingerprint density at radius 2 is 1.86 bits per heavy atom. The van der Waals surface area contributed by atoms with E-state index >= 15 is 0 Å². The number of nitrogens with one attached hydrogen (secondary N) is 2. The van der Waals surface area contributed by atoms with Crippen LogP contribution in [0.2, 0.25) is 5.28 Å². The highest BCUT2D eigenvalue weighted by molar-refractivity contribution is 6.28. The van der Waals surface area contributed by atoms with Crippen LogP contribution in [0.4, 0.5) is 10.6 Å². The van der Waals surface area contributed by atoms with Gasteiger partial charge in [-0.25, -0.2) is 9.78 Å². The van der Waals surface area contributed by atoms with Gasteiger partial charge in [0, 0.05) is 26.0 Å². The zero-order valence-corrected chi connectivity index (χ0v) is 21.1. The van der Waals surface area contributed by atoms with Crippen molar-refractivity contribution < 1.29 is 19.0 Å². The lowest BCUT2D eigenvalue weighted by atomic mass is 9.81. The molecule has 1 amide bonds. The van der Waals surface area contributed by atoms with Gasteiger partial charge >= 0.3 is 6.09 Å². The van der Waals surface area contributed by atoms with E-state index in [9.17, 15) is 4.79 Å². The zero-order chi connectivity index (χ0) is 24.9. The molecule has 1 aliphatic carbocycles. The number of nitrogens with zero attached hydrogens (tertiary/aromatic N) is 2. The van der Waals surface area contributed by atoms with E-state index in [1.807, 2.05) is 44.2 Å². The van der Waals surface area contributed by atoms with Crippen molar-refractivity contribution in [3.8, 4) is 11.8 Å². The number of alkyl carbamates (subject to hydrolysis) is 1. The second-order valence-electron chi connectivity index (χ2n) is 8.29. The molecule has 1 fully saturated rings. The number of hydrogen-bond acceptors (Lipinski definition) is 7. The van der Waals surface area contributed by atoms with Crippen LogP contribution in [0.1, 0.15) is 57.1 Å². The minimum Gasteiger partial charge on any atom is -0.445 e. The largest absolute Gasteiger partial charge is 0.445 e. The minimum absolute atomic E-state index is 0.116. The second kappa shape index (κ2) is 13.9. The van der Waals surface area contributed by atoms with Crippen molar-refractivity contribution >= 4 is 23.5 Å². The normalized spacial score (nSPS) is 14.6. The smallest absolute Gasteiger partial charge is 0.407 e. The molecule has 0 bridgehead atoms. The highest BCUT2D eigenvalue weighted by Gasteiger charge is 2.33. The quantitative estimate of drug-likeness (QED) is 0.271. The average molecular weight is 501 g/mol. The van der Waals surface area contributed by atoms with Gasteiger partial charge in [0.05, 0.1) is 11.1 Å². The van der Waals surface area contributed by atoms with Gasteiger partial charge in [-0.2, -0.15) is 4.98 Å². The van der Waals surface area contributed by atoms with Crippen molar-refractivity contribution in [2.24, 2.45) is 0 Å². The first-order valence-electron chi connectivity index (χ1n) is 12.0. The van der Waals surface area contributed by atoms with E-state index in [0.29, 0.717) is 31.1 Å². The molecule has 8 nitrogen and oxygen atoms in total. The fourth-order valence-corrected chi connectivity index (χ4v) is 4.09. The molecule has 1 aromatic carbocycles. The summed E-state index contributed by atoms with van der Waals surface area (Å²) in [6.07, 6.45) is 5.41. The van der Waals surface area contributed by atoms with E-state index in [1.54, 1.807) is 6.20 Å². The molecule has 1 heterocycles. The molecule has 9 heteroatoms. The van der Waals surface area contributed by atoms with Crippen molar-refractivity contribution in [3.05, 3.63) is 52.9 Å². The molecule has 35 heavy (non-hydrogen) atoms. The lowest BCUT2D eigenvalue weighted by molar-refractivity contribution is -0.0969. The van der Waals surface area contributed by atoms with Crippen molar-refractivity contribution in [2.45, 2.75) is 64.4 Å². The number of hydrogen-bond donors (Lipinski definition) is 2. The molecule has 0 aliphatic heterocycles. The summed E-state index contributed by atoms with van der Waals surface area (Å²) in [5, 5.41) is 6.57. The summed E-state index contributed by atoms with van der Waals surface area (Å²) in [5.41, 5.74) is 1.11. The summed E-state index contributed by atoms with van der Waals surface area (Å²) >= 11 is 6.12. The van der Waals surface area contributed by atoms with Crippen LogP contribution in [0, 0.1) is 11.8 Å². The predicted octanol–water partition coefficient (Wildman–Crippen LogP) is 4.92. The Hall–Kier alpha value is -2.86. The van der Waals surface area contributed by atoms with E-state index in [4.69, 9.17) is 25.8 Å². The van der Waals surface area contributed by atoms with Gasteiger partial charge in [0.2, 0.25) is 11.6 Å². The molecule has 1 saturated carbocycles. The summed E-state index contributed by atoms with van der Waals surface area (Å²) < 4.78 is 16.4. The summed E-state index contributed by atoms with van der Waals surface area (Å²) in [4.78, 5) is 20.9. The van der Waals surface area contributed by atoms with Crippen LogP contribution < -0.4 is 10.6 Å². The number of anilines is 1. The SMILES string of the molecule is CCOC(C#Cc1cnc(Cl)nc1NC1(CNC(=O)OCc2ccccc2)CCCCC1)OCC. The van der Waals surface area contributed by atoms with Crippen molar-refractivity contribution in [3.63, 3.8) is 0 Å². The molecule has 2 N–H and O–H groups in total. The maximum Gasteiger partial charge on any atom is 0.407 e. The Morgan fingerprint density at radius 1 is 1.14 bits per heavy atom. The third kappa shape index (κ3) is 8.70. The summed E-state index contributed by atoms with van der Waals surface area (Å²) in [6.45, 7) is 5.34. The van der Waals surface area contributed by atoms with Crippen LogP contribution in [0.3, 0.4) is 0 Å². The highest BCUT2D eigenvalue weighted by Crippen LogP contribution is 2.32. The Labute approximate surface area is 212 Å². The lowest BCUT2D eigenvalue weighted by Gasteiger charge is -2.38. The Balaban J connectivity index is 1.71. The third-order valence-electron chi connectivity index (χ3n) is 5.70. The first-order chi connectivity index (χ1) is 17.0. The average Bonchev–Trinajstić information content (AvgIpc) is 2.87. The van der Waals surface area contributed by atoms with Crippen LogP contribution in [-0.2, 0) is 20.8 Å². The molecule has 1 aromatic heterocycles. The standard InChI is InChI=1S/C26H33ClN4O4/c1-3-33-22(34-4-2)14-13-21-17-28-24(27)30-23(21)31-26(15-9-6-10-16-26)19-29-25(32)35-18-20-11-7-5-8-12-20/h5,7-8,11-12,17,22H,3-4,6,9-10,15-16,18-19H2,1-2H3,(H,29,32)(H,28,30,31). The van der Waals surface area contributed by atoms with E-state index in [1.165, 1.54) is 0 Å². The van der Waals surface area contributed by atoms with Gasteiger partial charge in [-0.3, -0.25) is 0 Å². The maximum atomic E-state index is 12.4. The number of carbonyl (C=O) groups is 1. The molecule has 1 aliphatic rings. The van der Waals surface area contributed by atoms with Crippen molar-refractivity contribution in [1.29, 1.82) is 0 Å². The molecule has 188 valence electrons. The van der Waals surface area contributed by atoms with Gasteiger partial charge in [0.1, 0.15) is 12.4 Å². The first-order valence-corrected chi connectivity index (χ1v) is 12.4. The number of halogens is 1. The van der Waals surface area contributed by atoms with E-state index in [2.05, 4.69) is 32.4 Å². The van der Waals surface area contributed by atoms with E-state index in [-0.39, 0.29) is 11.9 Å². The monoisotopic (exact) mass is 500 g/mol. The highest BCUT2D eigenvalue weighted by atomic mass is 35.5. The third-order valence-corrected chi connectivity index (χ3v) is 5.88.